The van der Waals surface area contributed by atoms with Crippen LogP contribution in [0.5, 0.6) is 0 Å². The summed E-state index contributed by atoms with van der Waals surface area (Å²) < 4.78 is 30.1. The van der Waals surface area contributed by atoms with E-state index in [1.807, 2.05) is 0 Å². The molecule has 1 aromatic rings. The maximum absolute atomic E-state index is 10.7. The van der Waals surface area contributed by atoms with Crippen molar-refractivity contribution in [2.75, 3.05) is 5.32 Å². The summed E-state index contributed by atoms with van der Waals surface area (Å²) >= 11 is -5.03. The summed E-state index contributed by atoms with van der Waals surface area (Å²) in [6.45, 7) is 1.35. The summed E-state index contributed by atoms with van der Waals surface area (Å²) in [7, 11) is 0. The first-order chi connectivity index (χ1) is 6.39. The summed E-state index contributed by atoms with van der Waals surface area (Å²) in [6, 6.07) is 5.33. The Bertz CT molecular complexity index is 392. The fraction of sp³-hybridized carbons (Fsp3) is 0.125. The number of hydrogen-bond donors (Lipinski definition) is 2. The van der Waals surface area contributed by atoms with Crippen LogP contribution in [0.25, 0.3) is 0 Å². The van der Waals surface area contributed by atoms with Crippen molar-refractivity contribution < 1.29 is 68.2 Å². The van der Waals surface area contributed by atoms with Gasteiger partial charge >= 0.3 is 113 Å². The van der Waals surface area contributed by atoms with Crippen LogP contribution < -0.4 is 43.3 Å². The van der Waals surface area contributed by atoms with Crippen molar-refractivity contribution in [3.8, 4) is 0 Å². The van der Waals surface area contributed by atoms with Crippen molar-refractivity contribution in [1.82, 2.24) is 0 Å². The van der Waals surface area contributed by atoms with Crippen LogP contribution in [0.4, 0.5) is 5.69 Å². The molecule has 0 aliphatic carbocycles. The first-order valence-corrected chi connectivity index (χ1v) is 7.12. The topological polar surface area (TPSA) is 215 Å². The van der Waals surface area contributed by atoms with E-state index in [-0.39, 0.29) is 61.7 Å². The van der Waals surface area contributed by atoms with Gasteiger partial charge in [-0.25, -0.2) is 0 Å². The minimum Gasteiger partial charge on any atom is -0.412 e. The molecular weight excluding hydrogens is 336 g/mol. The number of rotatable bonds is 2. The molecule has 19 heavy (non-hydrogen) atoms. The second kappa shape index (κ2) is 12.8. The molecular formula is C8H17AsNNaO8. The van der Waals surface area contributed by atoms with Crippen LogP contribution in [-0.4, -0.2) is 46.1 Å². The van der Waals surface area contributed by atoms with E-state index in [2.05, 4.69) is 5.32 Å². The van der Waals surface area contributed by atoms with Gasteiger partial charge in [-0.2, -0.15) is 0 Å². The number of carbonyl (C=O) groups is 1. The Kier molecular flexibility index (Phi) is 21.1. The summed E-state index contributed by atoms with van der Waals surface area (Å²) in [5.41, 5.74) is 0.491. The molecule has 0 spiro atoms. The number of amides is 1. The fourth-order valence-corrected chi connectivity index (χ4v) is 2.04. The molecule has 0 fully saturated rings. The molecule has 0 aliphatic rings. The Morgan fingerprint density at radius 2 is 1.53 bits per heavy atom. The van der Waals surface area contributed by atoms with Crippen molar-refractivity contribution in [3.63, 3.8) is 0 Å². The molecule has 0 aromatic heterocycles. The molecule has 1 atom stereocenters. The molecule has 0 saturated carbocycles. The summed E-state index contributed by atoms with van der Waals surface area (Å²) in [5.74, 6) is -0.239. The molecule has 1 amide bonds. The van der Waals surface area contributed by atoms with Crippen LogP contribution in [0.2, 0.25) is 0 Å². The van der Waals surface area contributed by atoms with Gasteiger partial charge in [0.25, 0.3) is 0 Å². The summed E-state index contributed by atoms with van der Waals surface area (Å²) in [6.07, 6.45) is 0. The largest absolute Gasteiger partial charge is 1.00 e. The number of hydrogen-bond acceptors (Lipinski definition) is 3. The molecule has 1 rings (SSSR count). The average Bonchev–Trinajstić information content (AvgIpc) is 2.02. The molecule has 1 aromatic carbocycles. The maximum atomic E-state index is 10.7. The van der Waals surface area contributed by atoms with Crippen LogP contribution in [0.1, 0.15) is 6.92 Å². The minimum atomic E-state index is -5.03. The van der Waals surface area contributed by atoms with E-state index in [1.54, 1.807) is 0 Å². The number of anilines is 1. The van der Waals surface area contributed by atoms with Gasteiger partial charge in [-0.05, 0) is 0 Å². The molecule has 9 nitrogen and oxygen atoms in total. The Morgan fingerprint density at radius 1 is 1.16 bits per heavy atom. The minimum absolute atomic E-state index is 0. The zero-order chi connectivity index (χ0) is 10.8. The van der Waals surface area contributed by atoms with Crippen molar-refractivity contribution >= 4 is 30.1 Å². The zero-order valence-electron chi connectivity index (χ0n) is 10.4. The second-order valence-electron chi connectivity index (χ2n) is 2.75. The summed E-state index contributed by atoms with van der Waals surface area (Å²) in [5, 5.41) is 2.48. The van der Waals surface area contributed by atoms with Crippen LogP contribution in [0, 0.1) is 0 Å². The zero-order valence-corrected chi connectivity index (χ0v) is 14.3. The first-order valence-electron chi connectivity index (χ1n) is 3.81. The van der Waals surface area contributed by atoms with Gasteiger partial charge in [0.1, 0.15) is 0 Å². The monoisotopic (exact) mass is 353 g/mol. The third kappa shape index (κ3) is 11.3. The van der Waals surface area contributed by atoms with Gasteiger partial charge in [0.2, 0.25) is 0 Å². The predicted molar refractivity (Wildman–Crippen MR) is 63.5 cm³/mol. The van der Waals surface area contributed by atoms with Crippen LogP contribution >= 0.6 is 0 Å². The Morgan fingerprint density at radius 3 is 1.79 bits per heavy atom. The Balaban J connectivity index is -0.000000131. The Labute approximate surface area is 134 Å². The predicted octanol–water partition coefficient (Wildman–Crippen LogP) is -7.72. The van der Waals surface area contributed by atoms with Crippen molar-refractivity contribution in [2.45, 2.75) is 6.92 Å². The molecule has 0 radical (unpaired) electrons. The molecule has 11 heteroatoms. The van der Waals surface area contributed by atoms with E-state index in [0.29, 0.717) is 5.69 Å². The number of benzene rings is 1. The van der Waals surface area contributed by atoms with Gasteiger partial charge in [0.05, 0.1) is 0 Å². The molecule has 0 bridgehead atoms. The van der Waals surface area contributed by atoms with Gasteiger partial charge < -0.3 is 21.9 Å². The van der Waals surface area contributed by atoms with Crippen molar-refractivity contribution in [2.24, 2.45) is 0 Å². The normalized spacial score (nSPS) is 10.7. The van der Waals surface area contributed by atoms with E-state index in [4.69, 9.17) is 4.10 Å². The molecule has 108 valence electrons. The fourth-order valence-electron chi connectivity index (χ4n) is 0.936. The van der Waals surface area contributed by atoms with Crippen molar-refractivity contribution in [3.05, 3.63) is 24.3 Å². The van der Waals surface area contributed by atoms with Gasteiger partial charge in [-0.15, -0.1) is 0 Å². The number of carbonyl (C=O) groups excluding carboxylic acids is 1. The van der Waals surface area contributed by atoms with Gasteiger partial charge in [0.15, 0.2) is 0 Å². The quantitative estimate of drug-likeness (QED) is 0.495. The molecule has 0 heterocycles. The average molecular weight is 353 g/mol. The van der Waals surface area contributed by atoms with Crippen molar-refractivity contribution in [1.29, 1.82) is 0 Å². The van der Waals surface area contributed by atoms with Crippen LogP contribution in [0.3, 0.4) is 0 Å². The number of nitrogens with one attached hydrogen (secondary N) is 1. The SMILES string of the molecule is CC(=O)Nc1ccc([As](=O)([O-])O)cc1.O.O.O.O.[Na+]. The van der Waals surface area contributed by atoms with E-state index in [1.165, 1.54) is 31.2 Å². The van der Waals surface area contributed by atoms with Gasteiger partial charge in [-0.1, -0.05) is 0 Å². The standard InChI is InChI=1S/C8H10AsNO4.Na.4H2O/c1-6(11)10-8-4-2-7(3-5-8)9(12,13)14;;;;;/h2-5H,1H3,(H,10,11)(H2,12,13,14);;4*1H2/q;+1;;;;/p-1. The molecule has 1 unspecified atom stereocenters. The molecule has 0 aliphatic heterocycles. The van der Waals surface area contributed by atoms with E-state index >= 15 is 0 Å². The van der Waals surface area contributed by atoms with Gasteiger partial charge in [0, 0.05) is 0 Å². The third-order valence-electron chi connectivity index (χ3n) is 1.51. The third-order valence-corrected chi connectivity index (χ3v) is 3.51. The van der Waals surface area contributed by atoms with Crippen LogP contribution in [0.15, 0.2) is 24.3 Å². The van der Waals surface area contributed by atoms with E-state index < -0.39 is 14.2 Å². The molecule has 10 N–H and O–H groups in total. The first kappa shape index (κ1) is 31.3. The second-order valence-corrected chi connectivity index (χ2v) is 6.02. The van der Waals surface area contributed by atoms with E-state index in [9.17, 15) is 12.6 Å². The van der Waals surface area contributed by atoms with Crippen LogP contribution in [-0.2, 0) is 8.53 Å². The maximum Gasteiger partial charge on any atom is 1.00 e. The van der Waals surface area contributed by atoms with Gasteiger partial charge in [-0.3, -0.25) is 0 Å². The molecule has 0 saturated heterocycles. The van der Waals surface area contributed by atoms with E-state index in [0.717, 1.165) is 0 Å². The summed E-state index contributed by atoms with van der Waals surface area (Å²) in [4.78, 5) is 10.6. The smallest absolute Gasteiger partial charge is 0.412 e. The Hall–Kier alpha value is -0.192.